The van der Waals surface area contributed by atoms with Crippen LogP contribution in [0, 0.1) is 5.92 Å². The number of hydrogen-bond donors (Lipinski definition) is 0. The maximum Gasteiger partial charge on any atom is 0.357 e. The Hall–Kier alpha value is -1.43. The molecule has 0 fully saturated rings. The van der Waals surface area contributed by atoms with Crippen LogP contribution >= 0.6 is 11.3 Å². The second kappa shape index (κ2) is 11.2. The first kappa shape index (κ1) is 20.6. The summed E-state index contributed by atoms with van der Waals surface area (Å²) in [5, 5.41) is 2.49. The molecule has 1 heterocycles. The van der Waals surface area contributed by atoms with Gasteiger partial charge in [0.1, 0.15) is 5.01 Å². The van der Waals surface area contributed by atoms with Gasteiger partial charge in [0.2, 0.25) is 5.91 Å². The van der Waals surface area contributed by atoms with Crippen molar-refractivity contribution < 1.29 is 14.3 Å². The molecule has 5 nitrogen and oxygen atoms in total. The topological polar surface area (TPSA) is 59.5 Å². The fourth-order valence-corrected chi connectivity index (χ4v) is 3.37. The molecule has 0 aliphatic rings. The second-order valence-electron chi connectivity index (χ2n) is 5.85. The van der Waals surface area contributed by atoms with E-state index < -0.39 is 5.97 Å². The van der Waals surface area contributed by atoms with Gasteiger partial charge in [0, 0.05) is 17.8 Å². The predicted octanol–water partition coefficient (Wildman–Crippen LogP) is 4.27. The third-order valence-electron chi connectivity index (χ3n) is 3.92. The van der Waals surface area contributed by atoms with E-state index in [1.54, 1.807) is 12.3 Å². The number of esters is 1. The number of unbranched alkanes of at least 4 members (excludes halogenated alkanes) is 1. The average molecular weight is 355 g/mol. The predicted molar refractivity (Wildman–Crippen MR) is 97.1 cm³/mol. The number of aromatic nitrogens is 1. The fraction of sp³-hybridized carbons (Fsp3) is 0.722. The minimum Gasteiger partial charge on any atom is -0.461 e. The van der Waals surface area contributed by atoms with Crippen molar-refractivity contribution in [1.82, 2.24) is 9.88 Å². The second-order valence-corrected chi connectivity index (χ2v) is 6.80. The van der Waals surface area contributed by atoms with E-state index in [-0.39, 0.29) is 11.8 Å². The molecular formula is C18H30N2O3S. The first-order valence-electron chi connectivity index (χ1n) is 8.97. The third-order valence-corrected chi connectivity index (χ3v) is 4.75. The lowest BCUT2D eigenvalue weighted by Gasteiger charge is -2.26. The summed E-state index contributed by atoms with van der Waals surface area (Å²) in [6.45, 7) is 9.59. The van der Waals surface area contributed by atoms with Crippen LogP contribution in [0.1, 0.15) is 75.3 Å². The van der Waals surface area contributed by atoms with Crippen LogP contribution in [0.2, 0.25) is 0 Å². The van der Waals surface area contributed by atoms with Gasteiger partial charge in [-0.25, -0.2) is 9.78 Å². The van der Waals surface area contributed by atoms with Crippen molar-refractivity contribution >= 4 is 23.2 Å². The molecule has 0 bridgehead atoms. The van der Waals surface area contributed by atoms with Crippen LogP contribution in [-0.4, -0.2) is 34.9 Å². The minimum atomic E-state index is -0.400. The van der Waals surface area contributed by atoms with Crippen LogP contribution < -0.4 is 0 Å². The van der Waals surface area contributed by atoms with Crippen LogP contribution in [0.4, 0.5) is 0 Å². The van der Waals surface area contributed by atoms with Crippen LogP contribution in [-0.2, 0) is 16.1 Å². The number of rotatable bonds is 11. The van der Waals surface area contributed by atoms with Crippen molar-refractivity contribution in [2.45, 2.75) is 66.3 Å². The quantitative estimate of drug-likeness (QED) is 0.557. The highest BCUT2D eigenvalue weighted by Crippen LogP contribution is 2.20. The molecule has 0 saturated heterocycles. The van der Waals surface area contributed by atoms with E-state index >= 15 is 0 Å². The Morgan fingerprint density at radius 3 is 2.58 bits per heavy atom. The SMILES string of the molecule is CCCCC(CC)C(=O)N(CCC)Cc1nc(C(=O)OCC)cs1. The summed E-state index contributed by atoms with van der Waals surface area (Å²) in [6.07, 6.45) is 4.90. The highest BCUT2D eigenvalue weighted by atomic mass is 32.1. The molecule has 136 valence electrons. The number of hydrogen-bond acceptors (Lipinski definition) is 5. The zero-order valence-electron chi connectivity index (χ0n) is 15.3. The molecule has 0 spiro atoms. The van der Waals surface area contributed by atoms with Crippen LogP contribution in [0.25, 0.3) is 0 Å². The van der Waals surface area contributed by atoms with E-state index in [1.165, 1.54) is 11.3 Å². The zero-order valence-corrected chi connectivity index (χ0v) is 16.2. The summed E-state index contributed by atoms with van der Waals surface area (Å²) >= 11 is 1.41. The standard InChI is InChI=1S/C18H30N2O3S/c1-5-9-10-14(7-3)17(21)20(11-6-2)12-16-19-15(13-24-16)18(22)23-8-4/h13-14H,5-12H2,1-4H3. The Bertz CT molecular complexity index is 516. The summed E-state index contributed by atoms with van der Waals surface area (Å²) in [7, 11) is 0. The van der Waals surface area contributed by atoms with Crippen molar-refractivity contribution in [2.24, 2.45) is 5.92 Å². The third kappa shape index (κ3) is 6.23. The molecule has 1 amide bonds. The maximum atomic E-state index is 12.8. The van der Waals surface area contributed by atoms with Gasteiger partial charge in [-0.15, -0.1) is 11.3 Å². The Kier molecular flexibility index (Phi) is 9.60. The van der Waals surface area contributed by atoms with E-state index in [1.807, 2.05) is 4.90 Å². The fourth-order valence-electron chi connectivity index (χ4n) is 2.59. The summed E-state index contributed by atoms with van der Waals surface area (Å²) < 4.78 is 4.97. The van der Waals surface area contributed by atoms with Gasteiger partial charge in [-0.3, -0.25) is 4.79 Å². The van der Waals surface area contributed by atoms with Gasteiger partial charge < -0.3 is 9.64 Å². The monoisotopic (exact) mass is 354 g/mol. The Morgan fingerprint density at radius 1 is 1.25 bits per heavy atom. The first-order valence-corrected chi connectivity index (χ1v) is 9.85. The Labute approximate surface area is 149 Å². The normalized spacial score (nSPS) is 12.0. The lowest BCUT2D eigenvalue weighted by molar-refractivity contribution is -0.136. The molecule has 6 heteroatoms. The highest BCUT2D eigenvalue weighted by molar-refractivity contribution is 7.09. The van der Waals surface area contributed by atoms with E-state index in [0.717, 1.165) is 43.7 Å². The molecule has 1 aromatic heterocycles. The number of carbonyl (C=O) groups is 2. The van der Waals surface area contributed by atoms with Gasteiger partial charge in [-0.1, -0.05) is 33.6 Å². The molecular weight excluding hydrogens is 324 g/mol. The summed E-state index contributed by atoms with van der Waals surface area (Å²) in [4.78, 5) is 30.8. The Morgan fingerprint density at radius 2 is 2.00 bits per heavy atom. The summed E-state index contributed by atoms with van der Waals surface area (Å²) in [5.41, 5.74) is 0.332. The molecule has 0 saturated carbocycles. The van der Waals surface area contributed by atoms with E-state index in [9.17, 15) is 9.59 Å². The molecule has 24 heavy (non-hydrogen) atoms. The molecule has 1 unspecified atom stereocenters. The number of amides is 1. The average Bonchev–Trinajstić information content (AvgIpc) is 3.04. The van der Waals surface area contributed by atoms with Gasteiger partial charge >= 0.3 is 5.97 Å². The van der Waals surface area contributed by atoms with Crippen molar-refractivity contribution in [1.29, 1.82) is 0 Å². The molecule has 1 atom stereocenters. The molecule has 0 aliphatic heterocycles. The Balaban J connectivity index is 2.77. The lowest BCUT2D eigenvalue weighted by atomic mass is 9.97. The smallest absolute Gasteiger partial charge is 0.357 e. The van der Waals surface area contributed by atoms with Crippen molar-refractivity contribution in [3.63, 3.8) is 0 Å². The summed E-state index contributed by atoms with van der Waals surface area (Å²) in [5.74, 6) is -0.107. The lowest BCUT2D eigenvalue weighted by Crippen LogP contribution is -2.36. The van der Waals surface area contributed by atoms with E-state index in [4.69, 9.17) is 4.74 Å². The number of ether oxygens (including phenoxy) is 1. The van der Waals surface area contributed by atoms with E-state index in [0.29, 0.717) is 18.8 Å². The van der Waals surface area contributed by atoms with Crippen LogP contribution in [0.5, 0.6) is 0 Å². The van der Waals surface area contributed by atoms with E-state index in [2.05, 4.69) is 25.8 Å². The van der Waals surface area contributed by atoms with Crippen molar-refractivity contribution in [2.75, 3.05) is 13.2 Å². The van der Waals surface area contributed by atoms with Gasteiger partial charge in [0.25, 0.3) is 0 Å². The van der Waals surface area contributed by atoms with Gasteiger partial charge in [-0.2, -0.15) is 0 Å². The van der Waals surface area contributed by atoms with Crippen molar-refractivity contribution in [3.05, 3.63) is 16.1 Å². The van der Waals surface area contributed by atoms with Gasteiger partial charge in [-0.05, 0) is 26.2 Å². The summed E-state index contributed by atoms with van der Waals surface area (Å²) in [6, 6.07) is 0. The molecule has 0 aliphatic carbocycles. The maximum absolute atomic E-state index is 12.8. The minimum absolute atomic E-state index is 0.0842. The largest absolute Gasteiger partial charge is 0.461 e. The molecule has 0 radical (unpaired) electrons. The van der Waals surface area contributed by atoms with Gasteiger partial charge in [0.05, 0.1) is 13.2 Å². The van der Waals surface area contributed by atoms with Crippen LogP contribution in [0.3, 0.4) is 0 Å². The number of thiazole rings is 1. The zero-order chi connectivity index (χ0) is 17.9. The number of carbonyl (C=O) groups excluding carboxylic acids is 2. The molecule has 1 rings (SSSR count). The first-order chi connectivity index (χ1) is 11.6. The highest BCUT2D eigenvalue weighted by Gasteiger charge is 2.23. The molecule has 0 aromatic carbocycles. The molecule has 0 N–H and O–H groups in total. The van der Waals surface area contributed by atoms with Gasteiger partial charge in [0.15, 0.2) is 5.69 Å². The van der Waals surface area contributed by atoms with Crippen molar-refractivity contribution in [3.8, 4) is 0 Å². The van der Waals surface area contributed by atoms with Crippen LogP contribution in [0.15, 0.2) is 5.38 Å². The molecule has 1 aromatic rings. The number of nitrogens with zero attached hydrogens (tertiary/aromatic N) is 2.